The van der Waals surface area contributed by atoms with Crippen LogP contribution in [-0.4, -0.2) is 45.4 Å². The Bertz CT molecular complexity index is 358. The van der Waals surface area contributed by atoms with Crippen molar-refractivity contribution in [1.29, 1.82) is 0 Å². The first-order valence-electron chi connectivity index (χ1n) is 4.64. The number of amides is 1. The number of aliphatic hydroxyl groups is 2. The van der Waals surface area contributed by atoms with Crippen molar-refractivity contribution in [3.63, 3.8) is 0 Å². The van der Waals surface area contributed by atoms with Gasteiger partial charge in [0.25, 0.3) is 0 Å². The van der Waals surface area contributed by atoms with Crippen LogP contribution in [0.4, 0.5) is 5.95 Å². The average molecular weight is 227 g/mol. The number of carbonyl (C=O) groups excluding carboxylic acids is 1. The summed E-state index contributed by atoms with van der Waals surface area (Å²) in [4.78, 5) is 18.4. The van der Waals surface area contributed by atoms with E-state index in [1.165, 1.54) is 19.2 Å². The second kappa shape index (κ2) is 5.99. The average Bonchev–Trinajstić information content (AvgIpc) is 2.25. The number of nitrogens with zero attached hydrogens (tertiary/aromatic N) is 2. The van der Waals surface area contributed by atoms with Crippen LogP contribution in [0.5, 0.6) is 5.88 Å². The normalized spacial score (nSPS) is 11.9. The van der Waals surface area contributed by atoms with E-state index in [9.17, 15) is 4.79 Å². The van der Waals surface area contributed by atoms with Crippen molar-refractivity contribution in [2.45, 2.75) is 13.0 Å². The van der Waals surface area contributed by atoms with Gasteiger partial charge in [-0.05, 0) is 0 Å². The molecule has 0 spiro atoms. The van der Waals surface area contributed by atoms with Crippen LogP contribution in [0.25, 0.3) is 0 Å². The van der Waals surface area contributed by atoms with Gasteiger partial charge in [0, 0.05) is 19.2 Å². The van der Waals surface area contributed by atoms with Gasteiger partial charge in [0.1, 0.15) is 12.7 Å². The van der Waals surface area contributed by atoms with Crippen LogP contribution >= 0.6 is 0 Å². The molecule has 1 amide bonds. The molecule has 1 aromatic rings. The summed E-state index contributed by atoms with van der Waals surface area (Å²) in [5.41, 5.74) is 0. The first kappa shape index (κ1) is 12.3. The maximum Gasteiger partial charge on any atom is 0.232 e. The Morgan fingerprint density at radius 2 is 2.44 bits per heavy atom. The van der Waals surface area contributed by atoms with Gasteiger partial charge in [0.05, 0.1) is 6.61 Å². The van der Waals surface area contributed by atoms with Gasteiger partial charge in [0.2, 0.25) is 17.7 Å². The molecular weight excluding hydrogens is 214 g/mol. The lowest BCUT2D eigenvalue weighted by atomic mass is 10.4. The lowest BCUT2D eigenvalue weighted by Crippen LogP contribution is -2.21. The molecular formula is C9H13N3O4. The maximum absolute atomic E-state index is 10.7. The molecule has 0 aromatic carbocycles. The lowest BCUT2D eigenvalue weighted by molar-refractivity contribution is -0.114. The maximum atomic E-state index is 10.7. The first-order chi connectivity index (χ1) is 7.61. The molecule has 3 N–H and O–H groups in total. The Kier molecular flexibility index (Phi) is 4.62. The molecule has 0 unspecified atom stereocenters. The summed E-state index contributed by atoms with van der Waals surface area (Å²) >= 11 is 0. The van der Waals surface area contributed by atoms with E-state index in [1.54, 1.807) is 0 Å². The summed E-state index contributed by atoms with van der Waals surface area (Å²) in [6.45, 7) is 0.878. The number of hydrogen-bond acceptors (Lipinski definition) is 6. The summed E-state index contributed by atoms with van der Waals surface area (Å²) in [5.74, 6) is 0.0577. The fraction of sp³-hybridized carbons (Fsp3) is 0.444. The van der Waals surface area contributed by atoms with Crippen molar-refractivity contribution >= 4 is 11.9 Å². The second-order valence-corrected chi connectivity index (χ2v) is 3.05. The standard InChI is InChI=1S/C9H13N3O4/c1-6(14)11-9-10-3-2-8(12-9)16-5-7(15)4-13/h2-3,7,13,15H,4-5H2,1H3,(H,10,11,12,14)/t7-/m0/s1. The van der Waals surface area contributed by atoms with Crippen LogP contribution in [0.2, 0.25) is 0 Å². The number of anilines is 1. The van der Waals surface area contributed by atoms with Crippen molar-refractivity contribution in [2.24, 2.45) is 0 Å². The van der Waals surface area contributed by atoms with Gasteiger partial charge < -0.3 is 14.9 Å². The quantitative estimate of drug-likeness (QED) is 0.606. The Morgan fingerprint density at radius 3 is 3.06 bits per heavy atom. The minimum absolute atomic E-state index is 0.0764. The predicted molar refractivity (Wildman–Crippen MR) is 54.9 cm³/mol. The van der Waals surface area contributed by atoms with E-state index in [4.69, 9.17) is 14.9 Å². The summed E-state index contributed by atoms with van der Waals surface area (Å²) in [7, 11) is 0. The highest BCUT2D eigenvalue weighted by atomic mass is 16.5. The molecule has 1 rings (SSSR count). The molecule has 88 valence electrons. The third-order valence-electron chi connectivity index (χ3n) is 1.55. The molecule has 0 saturated carbocycles. The zero-order valence-electron chi connectivity index (χ0n) is 8.75. The predicted octanol–water partition coefficient (Wildman–Crippen LogP) is -0.833. The molecule has 0 radical (unpaired) electrons. The van der Waals surface area contributed by atoms with Crippen LogP contribution < -0.4 is 10.1 Å². The Hall–Kier alpha value is -1.73. The molecule has 16 heavy (non-hydrogen) atoms. The van der Waals surface area contributed by atoms with Crippen LogP contribution in [-0.2, 0) is 4.79 Å². The number of aliphatic hydroxyl groups excluding tert-OH is 2. The van der Waals surface area contributed by atoms with E-state index in [1.807, 2.05) is 0 Å². The molecule has 1 heterocycles. The lowest BCUT2D eigenvalue weighted by Gasteiger charge is -2.09. The number of nitrogens with one attached hydrogen (secondary N) is 1. The summed E-state index contributed by atoms with van der Waals surface area (Å²) in [6, 6.07) is 1.48. The topological polar surface area (TPSA) is 105 Å². The van der Waals surface area contributed by atoms with Crippen LogP contribution in [0, 0.1) is 0 Å². The highest BCUT2D eigenvalue weighted by Crippen LogP contribution is 2.08. The number of carbonyl (C=O) groups is 1. The van der Waals surface area contributed by atoms with Gasteiger partial charge in [-0.15, -0.1) is 0 Å². The number of ether oxygens (including phenoxy) is 1. The SMILES string of the molecule is CC(=O)Nc1nccc(OC[C@@H](O)CO)n1. The Labute approximate surface area is 92.1 Å². The van der Waals surface area contributed by atoms with Crippen LogP contribution in [0.3, 0.4) is 0 Å². The van der Waals surface area contributed by atoms with E-state index < -0.39 is 6.10 Å². The van der Waals surface area contributed by atoms with Gasteiger partial charge in [-0.3, -0.25) is 10.1 Å². The number of hydrogen-bond donors (Lipinski definition) is 3. The summed E-state index contributed by atoms with van der Waals surface area (Å²) in [6.07, 6.45) is 0.457. The molecule has 7 nitrogen and oxygen atoms in total. The number of aromatic nitrogens is 2. The summed E-state index contributed by atoms with van der Waals surface area (Å²) < 4.78 is 5.07. The molecule has 1 atom stereocenters. The first-order valence-corrected chi connectivity index (χ1v) is 4.64. The molecule has 1 aromatic heterocycles. The van der Waals surface area contributed by atoms with E-state index >= 15 is 0 Å². The summed E-state index contributed by atoms with van der Waals surface area (Å²) in [5, 5.41) is 20.0. The molecule has 0 saturated heterocycles. The van der Waals surface area contributed by atoms with E-state index in [0.717, 1.165) is 0 Å². The largest absolute Gasteiger partial charge is 0.475 e. The third kappa shape index (κ3) is 4.20. The molecule has 0 aliphatic heterocycles. The third-order valence-corrected chi connectivity index (χ3v) is 1.55. The van der Waals surface area contributed by atoms with Gasteiger partial charge in [-0.1, -0.05) is 0 Å². The molecule has 0 aliphatic carbocycles. The van der Waals surface area contributed by atoms with Crippen molar-refractivity contribution in [2.75, 3.05) is 18.5 Å². The fourth-order valence-corrected chi connectivity index (χ4v) is 0.874. The van der Waals surface area contributed by atoms with Crippen LogP contribution in [0.15, 0.2) is 12.3 Å². The monoisotopic (exact) mass is 227 g/mol. The highest BCUT2D eigenvalue weighted by molar-refractivity contribution is 5.86. The van der Waals surface area contributed by atoms with Gasteiger partial charge in [0.15, 0.2) is 0 Å². The van der Waals surface area contributed by atoms with Crippen molar-refractivity contribution in [1.82, 2.24) is 9.97 Å². The van der Waals surface area contributed by atoms with E-state index in [-0.39, 0.29) is 30.9 Å². The van der Waals surface area contributed by atoms with Gasteiger partial charge >= 0.3 is 0 Å². The van der Waals surface area contributed by atoms with Crippen molar-refractivity contribution < 1.29 is 19.7 Å². The minimum Gasteiger partial charge on any atom is -0.475 e. The van der Waals surface area contributed by atoms with Crippen molar-refractivity contribution in [3.8, 4) is 5.88 Å². The Balaban J connectivity index is 2.56. The fourth-order valence-electron chi connectivity index (χ4n) is 0.874. The zero-order chi connectivity index (χ0) is 12.0. The zero-order valence-corrected chi connectivity index (χ0v) is 8.75. The molecule has 0 aliphatic rings. The Morgan fingerprint density at radius 1 is 1.69 bits per heavy atom. The van der Waals surface area contributed by atoms with Crippen molar-refractivity contribution in [3.05, 3.63) is 12.3 Å². The van der Waals surface area contributed by atoms with Gasteiger partial charge in [-0.25, -0.2) is 4.98 Å². The smallest absolute Gasteiger partial charge is 0.232 e. The molecule has 7 heteroatoms. The second-order valence-electron chi connectivity index (χ2n) is 3.05. The van der Waals surface area contributed by atoms with Crippen LogP contribution in [0.1, 0.15) is 6.92 Å². The van der Waals surface area contributed by atoms with E-state index in [0.29, 0.717) is 0 Å². The van der Waals surface area contributed by atoms with Gasteiger partial charge in [-0.2, -0.15) is 4.98 Å². The van der Waals surface area contributed by atoms with E-state index in [2.05, 4.69) is 15.3 Å². The minimum atomic E-state index is -0.959. The molecule has 0 bridgehead atoms. The highest BCUT2D eigenvalue weighted by Gasteiger charge is 2.05. The number of rotatable bonds is 5. The molecule has 0 fully saturated rings.